The zero-order chi connectivity index (χ0) is 25.9. The van der Waals surface area contributed by atoms with Gasteiger partial charge in [-0.1, -0.05) is 11.6 Å². The molecule has 13 heteroatoms. The molecular formula is C24H18ClFN6O4S. The van der Waals surface area contributed by atoms with Crippen molar-refractivity contribution in [2.45, 2.75) is 13.1 Å². The molecule has 0 amide bonds. The molecule has 0 radical (unpaired) electrons. The second kappa shape index (κ2) is 10.4. The first-order valence-electron chi connectivity index (χ1n) is 10.8. The molecule has 10 nitrogen and oxygen atoms in total. The molecule has 0 spiro atoms. The van der Waals surface area contributed by atoms with Gasteiger partial charge in [0.15, 0.2) is 11.6 Å². The molecule has 0 unspecified atom stereocenters. The number of methoxy groups -OCH3 is 1. The smallest absolute Gasteiger partial charge is 0.335 e. The highest BCUT2D eigenvalue weighted by Gasteiger charge is 2.28. The van der Waals surface area contributed by atoms with E-state index >= 15 is 4.39 Å². The highest BCUT2D eigenvalue weighted by Crippen LogP contribution is 2.34. The van der Waals surface area contributed by atoms with Crippen molar-refractivity contribution in [3.63, 3.8) is 0 Å². The van der Waals surface area contributed by atoms with Gasteiger partial charge in [0.2, 0.25) is 0 Å². The number of thiophene rings is 1. The summed E-state index contributed by atoms with van der Waals surface area (Å²) in [6, 6.07) is 8.27. The predicted molar refractivity (Wildman–Crippen MR) is 135 cm³/mol. The van der Waals surface area contributed by atoms with Crippen LogP contribution in [0.1, 0.15) is 21.1 Å². The summed E-state index contributed by atoms with van der Waals surface area (Å²) in [6.07, 6.45) is 7.19. The van der Waals surface area contributed by atoms with Crippen LogP contribution in [0.25, 0.3) is 11.3 Å². The Balaban J connectivity index is 1.60. The Morgan fingerprint density at radius 2 is 2.05 bits per heavy atom. The summed E-state index contributed by atoms with van der Waals surface area (Å²) in [6.45, 7) is 0.386. The third-order valence-electron chi connectivity index (χ3n) is 5.36. The Morgan fingerprint density at radius 1 is 1.24 bits per heavy atom. The Kier molecular flexibility index (Phi) is 6.84. The molecule has 5 aromatic heterocycles. The number of aromatic nitrogens is 5. The topological polar surface area (TPSA) is 117 Å². The third-order valence-corrected chi connectivity index (χ3v) is 6.59. The van der Waals surface area contributed by atoms with Crippen LogP contribution in [0.3, 0.4) is 0 Å². The Labute approximate surface area is 217 Å². The molecule has 0 aliphatic rings. The summed E-state index contributed by atoms with van der Waals surface area (Å²) in [4.78, 5) is 34.4. The van der Waals surface area contributed by atoms with Crippen molar-refractivity contribution in [3.8, 4) is 17.0 Å². The van der Waals surface area contributed by atoms with Crippen LogP contribution in [-0.2, 0) is 13.1 Å². The van der Waals surface area contributed by atoms with Gasteiger partial charge in [-0.25, -0.2) is 9.37 Å². The van der Waals surface area contributed by atoms with E-state index in [4.69, 9.17) is 20.8 Å². The van der Waals surface area contributed by atoms with E-state index in [-0.39, 0.29) is 47.4 Å². The van der Waals surface area contributed by atoms with Gasteiger partial charge in [-0.05, 0) is 29.8 Å². The summed E-state index contributed by atoms with van der Waals surface area (Å²) in [5.41, 5.74) is 0.429. The summed E-state index contributed by atoms with van der Waals surface area (Å²) in [7, 11) is 1.36. The zero-order valence-corrected chi connectivity index (χ0v) is 20.8. The summed E-state index contributed by atoms with van der Waals surface area (Å²) in [5, 5.41) is 7.16. The molecule has 0 aliphatic heterocycles. The molecule has 188 valence electrons. The molecule has 5 heterocycles. The summed E-state index contributed by atoms with van der Waals surface area (Å²) < 4.78 is 29.2. The molecule has 0 saturated carbocycles. The van der Waals surface area contributed by atoms with Crippen molar-refractivity contribution in [1.29, 1.82) is 0 Å². The number of hydrogen-bond donors (Lipinski definition) is 1. The van der Waals surface area contributed by atoms with E-state index in [1.165, 1.54) is 47.7 Å². The lowest BCUT2D eigenvalue weighted by atomic mass is 10.1. The van der Waals surface area contributed by atoms with E-state index in [9.17, 15) is 9.59 Å². The minimum atomic E-state index is -0.824. The number of ether oxygens (including phenoxy) is 1. The van der Waals surface area contributed by atoms with Crippen molar-refractivity contribution in [3.05, 3.63) is 98.2 Å². The Bertz CT molecular complexity index is 1610. The monoisotopic (exact) mass is 540 g/mol. The second-order valence-corrected chi connectivity index (χ2v) is 9.50. The van der Waals surface area contributed by atoms with E-state index in [0.717, 1.165) is 15.1 Å². The second-order valence-electron chi connectivity index (χ2n) is 7.70. The van der Waals surface area contributed by atoms with Crippen molar-refractivity contribution < 1.29 is 18.3 Å². The van der Waals surface area contributed by atoms with Gasteiger partial charge in [0.1, 0.15) is 17.7 Å². The van der Waals surface area contributed by atoms with Crippen LogP contribution >= 0.6 is 22.9 Å². The van der Waals surface area contributed by atoms with Gasteiger partial charge >= 0.3 is 5.91 Å². The van der Waals surface area contributed by atoms with E-state index in [2.05, 4.69) is 20.4 Å². The fourth-order valence-electron chi connectivity index (χ4n) is 3.62. The van der Waals surface area contributed by atoms with Gasteiger partial charge in [0.05, 0.1) is 36.3 Å². The molecule has 0 saturated heterocycles. The molecule has 5 rings (SSSR count). The summed E-state index contributed by atoms with van der Waals surface area (Å²) in [5.74, 6) is -2.00. The lowest BCUT2D eigenvalue weighted by Crippen LogP contribution is -2.20. The quantitative estimate of drug-likeness (QED) is 0.309. The number of hydrogen-bond acceptors (Lipinski definition) is 9. The van der Waals surface area contributed by atoms with Crippen molar-refractivity contribution in [2.24, 2.45) is 0 Å². The molecular weight excluding hydrogens is 523 g/mol. The molecule has 5 aromatic rings. The van der Waals surface area contributed by atoms with Gasteiger partial charge < -0.3 is 19.0 Å². The first-order valence-corrected chi connectivity index (χ1v) is 12.0. The number of nitrogens with zero attached hydrogens (tertiary/aromatic N) is 5. The lowest BCUT2D eigenvalue weighted by molar-refractivity contribution is 0.0912. The Hall–Kier alpha value is -4.29. The van der Waals surface area contributed by atoms with E-state index in [1.807, 2.05) is 0 Å². The maximum Gasteiger partial charge on any atom is 0.335 e. The average Bonchev–Trinajstić information content (AvgIpc) is 3.65. The largest absolute Gasteiger partial charge is 0.496 e. The first-order chi connectivity index (χ1) is 17.9. The number of pyridine rings is 2. The van der Waals surface area contributed by atoms with Crippen LogP contribution in [0, 0.1) is 5.82 Å². The molecule has 0 atom stereocenters. The van der Waals surface area contributed by atoms with Gasteiger partial charge in [0.25, 0.3) is 11.4 Å². The van der Waals surface area contributed by atoms with Crippen molar-refractivity contribution >= 4 is 34.7 Å². The minimum Gasteiger partial charge on any atom is -0.496 e. The number of nitrogens with one attached hydrogen (secondary N) is 1. The minimum absolute atomic E-state index is 0.0969. The maximum atomic E-state index is 15.9. The van der Waals surface area contributed by atoms with Crippen molar-refractivity contribution in [2.75, 3.05) is 12.4 Å². The molecule has 37 heavy (non-hydrogen) atoms. The number of rotatable bonds is 8. The van der Waals surface area contributed by atoms with Gasteiger partial charge in [-0.3, -0.25) is 14.6 Å². The zero-order valence-electron chi connectivity index (χ0n) is 19.2. The molecule has 1 N–H and O–H groups in total. The van der Waals surface area contributed by atoms with Crippen molar-refractivity contribution in [1.82, 2.24) is 24.3 Å². The number of carbonyl (C=O) groups excluding carboxylic acids is 1. The normalized spacial score (nSPS) is 11.0. The van der Waals surface area contributed by atoms with Gasteiger partial charge in [-0.2, -0.15) is 9.78 Å². The Morgan fingerprint density at radius 3 is 2.73 bits per heavy atom. The highest BCUT2D eigenvalue weighted by molar-refractivity contribution is 7.16. The number of anilines is 1. The number of carbonyl (C=O) groups is 1. The fraction of sp³-hybridized carbons (Fsp3) is 0.125. The van der Waals surface area contributed by atoms with E-state index in [1.54, 1.807) is 36.7 Å². The number of halogens is 2. The SMILES string of the molecule is COc1cc(=O)n(Cc2ccncc2)cc1-c1nn(C(=O)c2ncco2)c(NCc2ccc(Cl)s2)c1F. The van der Waals surface area contributed by atoms with E-state index < -0.39 is 11.7 Å². The predicted octanol–water partition coefficient (Wildman–Crippen LogP) is 4.31. The summed E-state index contributed by atoms with van der Waals surface area (Å²) >= 11 is 7.32. The molecule has 0 aliphatic carbocycles. The molecule has 0 fully saturated rings. The standard InChI is InChI=1S/C24H18ClFN6O4S/c1-35-17-10-19(33)31(12-14-4-6-27-7-5-14)13-16(17)21-20(26)22(29-11-15-2-3-18(25)37-15)32(30-21)24(34)23-28-8-9-36-23/h2-10,13,29H,11-12H2,1H3. The maximum absolute atomic E-state index is 15.9. The van der Waals surface area contributed by atoms with Crippen LogP contribution in [0.4, 0.5) is 10.2 Å². The van der Waals surface area contributed by atoms with Gasteiger partial charge in [-0.15, -0.1) is 11.3 Å². The van der Waals surface area contributed by atoms with Crippen LogP contribution in [-0.4, -0.2) is 37.3 Å². The fourth-order valence-corrected chi connectivity index (χ4v) is 4.65. The first kappa shape index (κ1) is 24.4. The highest BCUT2D eigenvalue weighted by atomic mass is 35.5. The van der Waals surface area contributed by atoms with Crippen LogP contribution in [0.2, 0.25) is 4.34 Å². The average molecular weight is 541 g/mol. The molecule has 0 bridgehead atoms. The number of oxazole rings is 1. The lowest BCUT2D eigenvalue weighted by Gasteiger charge is -2.11. The van der Waals surface area contributed by atoms with E-state index in [0.29, 0.717) is 4.34 Å². The van der Waals surface area contributed by atoms with Crippen LogP contribution in [0.15, 0.2) is 70.6 Å². The molecule has 0 aromatic carbocycles. The van der Waals surface area contributed by atoms with Crippen LogP contribution in [0.5, 0.6) is 5.75 Å². The third kappa shape index (κ3) is 5.01. The van der Waals surface area contributed by atoms with Crippen LogP contribution < -0.4 is 15.6 Å². The van der Waals surface area contributed by atoms with Gasteiger partial charge in [0, 0.05) is 29.5 Å².